The minimum Gasteiger partial charge on any atom is -0.356 e. The highest BCUT2D eigenvalue weighted by atomic mass is 16.1. The van der Waals surface area contributed by atoms with Crippen LogP contribution >= 0.6 is 0 Å². The van der Waals surface area contributed by atoms with Gasteiger partial charge >= 0.3 is 0 Å². The summed E-state index contributed by atoms with van der Waals surface area (Å²) < 4.78 is 0. The molecule has 1 aliphatic rings. The van der Waals surface area contributed by atoms with Gasteiger partial charge in [0.15, 0.2) is 0 Å². The highest BCUT2D eigenvalue weighted by molar-refractivity contribution is 5.83. The Balaban J connectivity index is 2.19. The van der Waals surface area contributed by atoms with Crippen LogP contribution in [0.25, 0.3) is 0 Å². The van der Waals surface area contributed by atoms with Gasteiger partial charge in [-0.25, -0.2) is 0 Å². The molecule has 0 bridgehead atoms. The molecule has 0 saturated carbocycles. The largest absolute Gasteiger partial charge is 0.356 e. The van der Waals surface area contributed by atoms with Crippen LogP contribution < -0.4 is 5.32 Å². The molecule has 1 fully saturated rings. The van der Waals surface area contributed by atoms with E-state index in [9.17, 15) is 4.79 Å². The lowest BCUT2D eigenvalue weighted by Crippen LogP contribution is -2.27. The Hall–Kier alpha value is -1.31. The van der Waals surface area contributed by atoms with Gasteiger partial charge in [-0.1, -0.05) is 36.8 Å². The molecule has 1 aromatic rings. The zero-order valence-corrected chi connectivity index (χ0v) is 8.20. The zero-order valence-electron chi connectivity index (χ0n) is 8.20. The highest BCUT2D eigenvalue weighted by Crippen LogP contribution is 2.23. The van der Waals surface area contributed by atoms with Crippen molar-refractivity contribution < 1.29 is 4.79 Å². The zero-order chi connectivity index (χ0) is 9.80. The molecule has 0 aromatic heterocycles. The average Bonchev–Trinajstić information content (AvgIpc) is 2.44. The summed E-state index contributed by atoms with van der Waals surface area (Å²) in [5, 5.41) is 2.95. The number of rotatable bonds is 1. The molecule has 0 spiro atoms. The predicted molar refractivity (Wildman–Crippen MR) is 56.0 cm³/mol. The van der Waals surface area contributed by atoms with Crippen LogP contribution in [0.2, 0.25) is 0 Å². The lowest BCUT2D eigenvalue weighted by Gasteiger charge is -2.12. The number of carbonyl (C=O) groups excluding carboxylic acids is 1. The fourth-order valence-corrected chi connectivity index (χ4v) is 1.94. The van der Waals surface area contributed by atoms with Crippen LogP contribution in [-0.4, -0.2) is 12.5 Å². The van der Waals surface area contributed by atoms with E-state index in [2.05, 4.69) is 5.32 Å². The highest BCUT2D eigenvalue weighted by Gasteiger charge is 2.21. The van der Waals surface area contributed by atoms with Gasteiger partial charge in [0.2, 0.25) is 5.91 Å². The lowest BCUT2D eigenvalue weighted by molar-refractivity contribution is -0.122. The first-order valence-corrected chi connectivity index (χ1v) is 5.20. The summed E-state index contributed by atoms with van der Waals surface area (Å²) in [4.78, 5) is 11.7. The summed E-state index contributed by atoms with van der Waals surface area (Å²) in [5.41, 5.74) is 1.15. The molecule has 1 saturated heterocycles. The van der Waals surface area contributed by atoms with Crippen molar-refractivity contribution in [3.05, 3.63) is 35.9 Å². The molecule has 2 nitrogen and oxygen atoms in total. The maximum absolute atomic E-state index is 11.7. The summed E-state index contributed by atoms with van der Waals surface area (Å²) in [6, 6.07) is 10.0. The Kier molecular flexibility index (Phi) is 2.82. The quantitative estimate of drug-likeness (QED) is 0.720. The van der Waals surface area contributed by atoms with Gasteiger partial charge in [0.05, 0.1) is 5.92 Å². The summed E-state index contributed by atoms with van der Waals surface area (Å²) in [6.07, 6.45) is 3.23. The van der Waals surface area contributed by atoms with Gasteiger partial charge in [-0.15, -0.1) is 0 Å². The molecule has 14 heavy (non-hydrogen) atoms. The third kappa shape index (κ3) is 1.95. The smallest absolute Gasteiger partial charge is 0.227 e. The Morgan fingerprint density at radius 3 is 2.71 bits per heavy atom. The fraction of sp³-hybridized carbons (Fsp3) is 0.417. The van der Waals surface area contributed by atoms with Gasteiger partial charge in [0.25, 0.3) is 0 Å². The monoisotopic (exact) mass is 189 g/mol. The van der Waals surface area contributed by atoms with Crippen LogP contribution in [0.3, 0.4) is 0 Å². The van der Waals surface area contributed by atoms with Gasteiger partial charge in [0, 0.05) is 6.54 Å². The number of nitrogens with one attached hydrogen (secondary N) is 1. The normalized spacial score (nSPS) is 22.6. The van der Waals surface area contributed by atoms with E-state index in [0.717, 1.165) is 31.4 Å². The van der Waals surface area contributed by atoms with Crippen LogP contribution in [0, 0.1) is 0 Å². The summed E-state index contributed by atoms with van der Waals surface area (Å²) >= 11 is 0. The van der Waals surface area contributed by atoms with Crippen molar-refractivity contribution in [2.45, 2.75) is 25.2 Å². The Bertz CT molecular complexity index is 307. The minimum atomic E-state index is 0.0682. The second-order valence-corrected chi connectivity index (χ2v) is 3.75. The number of amides is 1. The maximum atomic E-state index is 11.7. The Morgan fingerprint density at radius 2 is 1.93 bits per heavy atom. The van der Waals surface area contributed by atoms with E-state index >= 15 is 0 Å². The fourth-order valence-electron chi connectivity index (χ4n) is 1.94. The van der Waals surface area contributed by atoms with Crippen molar-refractivity contribution >= 4 is 5.91 Å². The molecule has 1 aromatic carbocycles. The third-order valence-electron chi connectivity index (χ3n) is 2.74. The van der Waals surface area contributed by atoms with Crippen LogP contribution in [0.5, 0.6) is 0 Å². The molecule has 2 heteroatoms. The first kappa shape index (κ1) is 9.25. The first-order valence-electron chi connectivity index (χ1n) is 5.20. The van der Waals surface area contributed by atoms with Gasteiger partial charge in [-0.2, -0.15) is 0 Å². The molecule has 0 unspecified atom stereocenters. The number of benzene rings is 1. The van der Waals surface area contributed by atoms with E-state index in [4.69, 9.17) is 0 Å². The molecule has 0 radical (unpaired) electrons. The van der Waals surface area contributed by atoms with E-state index in [0.29, 0.717) is 0 Å². The van der Waals surface area contributed by atoms with Crippen LogP contribution in [0.1, 0.15) is 30.7 Å². The van der Waals surface area contributed by atoms with Gasteiger partial charge in [-0.3, -0.25) is 4.79 Å². The Morgan fingerprint density at radius 1 is 1.14 bits per heavy atom. The van der Waals surface area contributed by atoms with Crippen molar-refractivity contribution in [1.29, 1.82) is 0 Å². The number of hydrogen-bond donors (Lipinski definition) is 1. The van der Waals surface area contributed by atoms with Crippen molar-refractivity contribution in [3.8, 4) is 0 Å². The molecule has 1 atom stereocenters. The van der Waals surface area contributed by atoms with Crippen molar-refractivity contribution in [2.75, 3.05) is 6.54 Å². The van der Waals surface area contributed by atoms with E-state index in [-0.39, 0.29) is 11.8 Å². The molecule has 1 N–H and O–H groups in total. The van der Waals surface area contributed by atoms with E-state index in [1.165, 1.54) is 0 Å². The summed E-state index contributed by atoms with van der Waals surface area (Å²) in [7, 11) is 0. The van der Waals surface area contributed by atoms with Crippen LogP contribution in [0.4, 0.5) is 0 Å². The molecule has 2 rings (SSSR count). The van der Waals surface area contributed by atoms with Crippen molar-refractivity contribution in [2.24, 2.45) is 0 Å². The average molecular weight is 189 g/mol. The number of carbonyl (C=O) groups is 1. The SMILES string of the molecule is O=C1NCCCC[C@H]1c1ccccc1. The second kappa shape index (κ2) is 4.27. The molecule has 1 aliphatic heterocycles. The van der Waals surface area contributed by atoms with Gasteiger partial charge < -0.3 is 5.32 Å². The van der Waals surface area contributed by atoms with Crippen molar-refractivity contribution in [3.63, 3.8) is 0 Å². The molecular formula is C12H15NO. The minimum absolute atomic E-state index is 0.0682. The topological polar surface area (TPSA) is 29.1 Å². The third-order valence-corrected chi connectivity index (χ3v) is 2.74. The molecule has 1 heterocycles. The first-order chi connectivity index (χ1) is 6.88. The van der Waals surface area contributed by atoms with E-state index in [1.807, 2.05) is 30.3 Å². The second-order valence-electron chi connectivity index (χ2n) is 3.75. The van der Waals surface area contributed by atoms with E-state index in [1.54, 1.807) is 0 Å². The summed E-state index contributed by atoms with van der Waals surface area (Å²) in [6.45, 7) is 0.835. The lowest BCUT2D eigenvalue weighted by atomic mass is 9.94. The van der Waals surface area contributed by atoms with E-state index < -0.39 is 0 Å². The van der Waals surface area contributed by atoms with Gasteiger partial charge in [0.1, 0.15) is 0 Å². The molecule has 1 amide bonds. The van der Waals surface area contributed by atoms with Crippen LogP contribution in [-0.2, 0) is 4.79 Å². The molecule has 0 aliphatic carbocycles. The molecule has 74 valence electrons. The van der Waals surface area contributed by atoms with Crippen LogP contribution in [0.15, 0.2) is 30.3 Å². The predicted octanol–water partition coefficient (Wildman–Crippen LogP) is 2.07. The standard InChI is InChI=1S/C12H15NO/c14-12-11(8-4-5-9-13-12)10-6-2-1-3-7-10/h1-3,6-7,11H,4-5,8-9H2,(H,13,14)/t11-/m0/s1. The summed E-state index contributed by atoms with van der Waals surface area (Å²) in [5.74, 6) is 0.257. The van der Waals surface area contributed by atoms with Crippen molar-refractivity contribution in [1.82, 2.24) is 5.32 Å². The maximum Gasteiger partial charge on any atom is 0.227 e. The Labute approximate surface area is 84.3 Å². The number of hydrogen-bond acceptors (Lipinski definition) is 1. The van der Waals surface area contributed by atoms with Gasteiger partial charge in [-0.05, 0) is 18.4 Å². The molecular weight excluding hydrogens is 174 g/mol.